The van der Waals surface area contributed by atoms with Crippen molar-refractivity contribution >= 4 is 15.9 Å². The van der Waals surface area contributed by atoms with Gasteiger partial charge < -0.3 is 15.0 Å². The van der Waals surface area contributed by atoms with Gasteiger partial charge in [0.2, 0.25) is 0 Å². The highest BCUT2D eigenvalue weighted by atomic mass is 79.9. The third-order valence-electron chi connectivity index (χ3n) is 4.22. The lowest BCUT2D eigenvalue weighted by atomic mass is 10.0. The van der Waals surface area contributed by atoms with E-state index in [1.165, 1.54) is 29.3 Å². The fraction of sp³-hybridized carbons (Fsp3) is 0.647. The first-order valence-corrected chi connectivity index (χ1v) is 8.72. The van der Waals surface area contributed by atoms with Gasteiger partial charge in [-0.25, -0.2) is 0 Å². The van der Waals surface area contributed by atoms with Gasteiger partial charge >= 0.3 is 0 Å². The monoisotopic (exact) mass is 354 g/mol. The Morgan fingerprint density at radius 1 is 1.38 bits per heavy atom. The molecule has 1 N–H and O–H groups in total. The summed E-state index contributed by atoms with van der Waals surface area (Å²) in [5.74, 6) is 0. The molecule has 2 unspecified atom stereocenters. The van der Waals surface area contributed by atoms with Gasteiger partial charge in [-0.3, -0.25) is 0 Å². The molecule has 1 fully saturated rings. The Morgan fingerprint density at radius 2 is 2.19 bits per heavy atom. The number of nitrogens with one attached hydrogen (secondary N) is 1. The van der Waals surface area contributed by atoms with E-state index >= 15 is 0 Å². The third kappa shape index (κ3) is 5.37. The van der Waals surface area contributed by atoms with Crippen LogP contribution in [0.4, 0.5) is 0 Å². The summed E-state index contributed by atoms with van der Waals surface area (Å²) in [6, 6.07) is 8.85. The van der Waals surface area contributed by atoms with Gasteiger partial charge in [0, 0.05) is 23.7 Å². The molecule has 1 heterocycles. The lowest BCUT2D eigenvalue weighted by Crippen LogP contribution is -2.35. The quantitative estimate of drug-likeness (QED) is 0.809. The van der Waals surface area contributed by atoms with Crippen LogP contribution in [0.15, 0.2) is 28.7 Å². The lowest BCUT2D eigenvalue weighted by molar-refractivity contribution is -0.00184. The molecule has 0 saturated carbocycles. The van der Waals surface area contributed by atoms with E-state index in [4.69, 9.17) is 4.74 Å². The molecule has 0 aromatic heterocycles. The molecule has 2 rings (SSSR count). The minimum absolute atomic E-state index is 0.385. The summed E-state index contributed by atoms with van der Waals surface area (Å²) in [6.45, 7) is 3.06. The molecule has 0 aliphatic carbocycles. The number of likely N-dealkylation sites (N-methyl/N-ethyl adjacent to an activating group) is 1. The number of nitrogens with zero attached hydrogens (tertiary/aromatic N) is 1. The van der Waals surface area contributed by atoms with E-state index < -0.39 is 0 Å². The molecule has 1 aliphatic rings. The molecule has 3 nitrogen and oxygen atoms in total. The molecular formula is C17H27BrN2O. The van der Waals surface area contributed by atoms with E-state index in [0.717, 1.165) is 26.1 Å². The molecule has 0 bridgehead atoms. The number of hydrogen-bond acceptors (Lipinski definition) is 3. The molecule has 21 heavy (non-hydrogen) atoms. The van der Waals surface area contributed by atoms with Crippen LogP contribution < -0.4 is 5.32 Å². The summed E-state index contributed by atoms with van der Waals surface area (Å²) in [7, 11) is 4.24. The number of hydrogen-bond donors (Lipinski definition) is 1. The van der Waals surface area contributed by atoms with Crippen LogP contribution in [0.1, 0.15) is 37.3 Å². The molecule has 0 spiro atoms. The Labute approximate surface area is 137 Å². The second-order valence-corrected chi connectivity index (χ2v) is 6.76. The molecule has 1 aliphatic heterocycles. The highest BCUT2D eigenvalue weighted by Gasteiger charge is 2.17. The van der Waals surface area contributed by atoms with Crippen molar-refractivity contribution in [3.05, 3.63) is 34.3 Å². The Morgan fingerprint density at radius 3 is 2.86 bits per heavy atom. The lowest BCUT2D eigenvalue weighted by Gasteiger charge is -2.28. The Balaban J connectivity index is 1.81. The van der Waals surface area contributed by atoms with Crippen LogP contribution in [0.25, 0.3) is 0 Å². The molecular weight excluding hydrogens is 328 g/mol. The predicted octanol–water partition coefficient (Wildman–Crippen LogP) is 3.60. The van der Waals surface area contributed by atoms with E-state index in [1.54, 1.807) is 0 Å². The standard InChI is InChI=1S/C17H27BrN2O/c1-19-17(15-8-3-4-9-16(15)18)10-11-20(2)13-14-7-5-6-12-21-14/h3-4,8-9,14,17,19H,5-7,10-13H2,1-2H3. The van der Waals surface area contributed by atoms with Crippen molar-refractivity contribution < 1.29 is 4.74 Å². The Bertz CT molecular complexity index is 421. The summed E-state index contributed by atoms with van der Waals surface area (Å²) < 4.78 is 7.00. The summed E-state index contributed by atoms with van der Waals surface area (Å²) in [5.41, 5.74) is 1.34. The van der Waals surface area contributed by atoms with E-state index in [1.807, 2.05) is 7.05 Å². The molecule has 0 amide bonds. The maximum Gasteiger partial charge on any atom is 0.0701 e. The van der Waals surface area contributed by atoms with Crippen LogP contribution in [0, 0.1) is 0 Å². The average Bonchev–Trinajstić information content (AvgIpc) is 2.50. The summed E-state index contributed by atoms with van der Waals surface area (Å²) >= 11 is 3.65. The van der Waals surface area contributed by atoms with Gasteiger partial charge in [-0.05, 0) is 58.0 Å². The van der Waals surface area contributed by atoms with Gasteiger partial charge in [-0.2, -0.15) is 0 Å². The molecule has 1 aromatic rings. The van der Waals surface area contributed by atoms with Crippen LogP contribution in [-0.2, 0) is 4.74 Å². The molecule has 2 atom stereocenters. The third-order valence-corrected chi connectivity index (χ3v) is 4.94. The largest absolute Gasteiger partial charge is 0.377 e. The fourth-order valence-corrected chi connectivity index (χ4v) is 3.51. The first-order valence-electron chi connectivity index (χ1n) is 7.92. The van der Waals surface area contributed by atoms with Crippen LogP contribution >= 0.6 is 15.9 Å². The van der Waals surface area contributed by atoms with Crippen molar-refractivity contribution in [3.8, 4) is 0 Å². The average molecular weight is 355 g/mol. The Hall–Kier alpha value is -0.420. The molecule has 1 saturated heterocycles. The van der Waals surface area contributed by atoms with Crippen LogP contribution in [0.5, 0.6) is 0 Å². The minimum atomic E-state index is 0.385. The van der Waals surface area contributed by atoms with Crippen molar-refractivity contribution in [3.63, 3.8) is 0 Å². The zero-order valence-corrected chi connectivity index (χ0v) is 14.7. The van der Waals surface area contributed by atoms with Gasteiger partial charge in [0.25, 0.3) is 0 Å². The maximum atomic E-state index is 5.82. The summed E-state index contributed by atoms with van der Waals surface area (Å²) in [5, 5.41) is 3.43. The second kappa shape index (κ2) is 8.89. The number of halogens is 1. The highest BCUT2D eigenvalue weighted by molar-refractivity contribution is 9.10. The first-order chi connectivity index (χ1) is 10.2. The van der Waals surface area contributed by atoms with Gasteiger partial charge in [0.1, 0.15) is 0 Å². The van der Waals surface area contributed by atoms with Crippen molar-refractivity contribution in [2.45, 2.75) is 37.8 Å². The van der Waals surface area contributed by atoms with E-state index in [9.17, 15) is 0 Å². The van der Waals surface area contributed by atoms with E-state index in [-0.39, 0.29) is 0 Å². The number of rotatable bonds is 7. The second-order valence-electron chi connectivity index (χ2n) is 5.90. The molecule has 0 radical (unpaired) electrons. The van der Waals surface area contributed by atoms with Crippen molar-refractivity contribution in [2.75, 3.05) is 33.8 Å². The Kier molecular flexibility index (Phi) is 7.17. The van der Waals surface area contributed by atoms with Crippen molar-refractivity contribution in [1.82, 2.24) is 10.2 Å². The zero-order valence-electron chi connectivity index (χ0n) is 13.1. The zero-order chi connectivity index (χ0) is 15.1. The van der Waals surface area contributed by atoms with Crippen LogP contribution in [0.2, 0.25) is 0 Å². The van der Waals surface area contributed by atoms with Crippen molar-refractivity contribution in [1.29, 1.82) is 0 Å². The van der Waals surface area contributed by atoms with E-state index in [0.29, 0.717) is 12.1 Å². The molecule has 118 valence electrons. The van der Waals surface area contributed by atoms with Gasteiger partial charge in [-0.15, -0.1) is 0 Å². The predicted molar refractivity (Wildman–Crippen MR) is 91.6 cm³/mol. The topological polar surface area (TPSA) is 24.5 Å². The summed E-state index contributed by atoms with van der Waals surface area (Å²) in [6.07, 6.45) is 5.28. The fourth-order valence-electron chi connectivity index (χ4n) is 2.95. The SMILES string of the molecule is CNC(CCN(C)CC1CCCCO1)c1ccccc1Br. The van der Waals surface area contributed by atoms with E-state index in [2.05, 4.69) is 57.5 Å². The first kappa shape index (κ1) is 16.9. The maximum absolute atomic E-state index is 5.82. The number of ether oxygens (including phenoxy) is 1. The van der Waals surface area contributed by atoms with Crippen LogP contribution in [-0.4, -0.2) is 44.8 Å². The van der Waals surface area contributed by atoms with Crippen LogP contribution in [0.3, 0.4) is 0 Å². The van der Waals surface area contributed by atoms with Gasteiger partial charge in [-0.1, -0.05) is 34.1 Å². The molecule has 1 aromatic carbocycles. The number of benzene rings is 1. The summed E-state index contributed by atoms with van der Waals surface area (Å²) in [4.78, 5) is 2.40. The van der Waals surface area contributed by atoms with Crippen molar-refractivity contribution in [2.24, 2.45) is 0 Å². The minimum Gasteiger partial charge on any atom is -0.377 e. The molecule has 4 heteroatoms. The van der Waals surface area contributed by atoms with Gasteiger partial charge in [0.15, 0.2) is 0 Å². The highest BCUT2D eigenvalue weighted by Crippen LogP contribution is 2.25. The van der Waals surface area contributed by atoms with Gasteiger partial charge in [0.05, 0.1) is 6.10 Å². The smallest absolute Gasteiger partial charge is 0.0701 e. The normalized spacial score (nSPS) is 20.7.